The van der Waals surface area contributed by atoms with Gasteiger partial charge in [0.25, 0.3) is 0 Å². The summed E-state index contributed by atoms with van der Waals surface area (Å²) in [6, 6.07) is 7.11. The SMILES string of the molecule is C=CCOc1ccc(-c2nnn(CC(=O)O)n2)cc1. The molecule has 98 valence electrons. The molecule has 0 fully saturated rings. The summed E-state index contributed by atoms with van der Waals surface area (Å²) >= 11 is 0. The number of tetrazole rings is 1. The number of carbonyl (C=O) groups is 1. The first kappa shape index (κ1) is 12.7. The molecule has 0 amide bonds. The summed E-state index contributed by atoms with van der Waals surface area (Å²) in [5.74, 6) is 0.0650. The summed E-state index contributed by atoms with van der Waals surface area (Å²) < 4.78 is 5.35. The number of hydrogen-bond donors (Lipinski definition) is 1. The Morgan fingerprint density at radius 1 is 1.42 bits per heavy atom. The summed E-state index contributed by atoms with van der Waals surface area (Å²) in [4.78, 5) is 11.5. The lowest BCUT2D eigenvalue weighted by Crippen LogP contribution is -2.11. The number of aliphatic carboxylic acids is 1. The zero-order valence-electron chi connectivity index (χ0n) is 10.1. The molecule has 0 saturated heterocycles. The van der Waals surface area contributed by atoms with Crippen LogP contribution in [0.3, 0.4) is 0 Å². The minimum atomic E-state index is -1.02. The van der Waals surface area contributed by atoms with Crippen LogP contribution in [-0.2, 0) is 11.3 Å². The summed E-state index contributed by atoms with van der Waals surface area (Å²) in [5.41, 5.74) is 0.739. The van der Waals surface area contributed by atoms with Crippen LogP contribution in [0.2, 0.25) is 0 Å². The Morgan fingerprint density at radius 2 is 2.16 bits per heavy atom. The quantitative estimate of drug-likeness (QED) is 0.779. The smallest absolute Gasteiger partial charge is 0.327 e. The van der Waals surface area contributed by atoms with Crippen molar-refractivity contribution < 1.29 is 14.6 Å². The second-order valence-electron chi connectivity index (χ2n) is 3.66. The van der Waals surface area contributed by atoms with Crippen LogP contribution in [0.1, 0.15) is 0 Å². The fourth-order valence-electron chi connectivity index (χ4n) is 1.40. The van der Waals surface area contributed by atoms with E-state index in [4.69, 9.17) is 9.84 Å². The third kappa shape index (κ3) is 3.38. The summed E-state index contributed by atoms with van der Waals surface area (Å²) in [5, 5.41) is 20.0. The monoisotopic (exact) mass is 260 g/mol. The molecule has 7 nitrogen and oxygen atoms in total. The molecule has 0 spiro atoms. The summed E-state index contributed by atoms with van der Waals surface area (Å²) in [6.07, 6.45) is 1.66. The number of hydrogen-bond acceptors (Lipinski definition) is 5. The highest BCUT2D eigenvalue weighted by molar-refractivity contribution is 5.66. The molecule has 1 aromatic heterocycles. The number of benzene rings is 1. The van der Waals surface area contributed by atoms with Gasteiger partial charge in [0.05, 0.1) is 0 Å². The van der Waals surface area contributed by atoms with Gasteiger partial charge in [-0.05, 0) is 29.5 Å². The average molecular weight is 260 g/mol. The zero-order chi connectivity index (χ0) is 13.7. The molecule has 0 aliphatic heterocycles. The number of nitrogens with zero attached hydrogens (tertiary/aromatic N) is 4. The minimum Gasteiger partial charge on any atom is -0.490 e. The molecule has 7 heteroatoms. The highest BCUT2D eigenvalue weighted by Crippen LogP contribution is 2.18. The van der Waals surface area contributed by atoms with E-state index in [2.05, 4.69) is 22.0 Å². The van der Waals surface area contributed by atoms with Crippen molar-refractivity contribution in [2.45, 2.75) is 6.54 Å². The van der Waals surface area contributed by atoms with Gasteiger partial charge in [-0.2, -0.15) is 4.80 Å². The van der Waals surface area contributed by atoms with Gasteiger partial charge >= 0.3 is 5.97 Å². The lowest BCUT2D eigenvalue weighted by Gasteiger charge is -2.02. The maximum atomic E-state index is 10.5. The van der Waals surface area contributed by atoms with E-state index in [1.165, 1.54) is 0 Å². The van der Waals surface area contributed by atoms with E-state index in [9.17, 15) is 4.79 Å². The van der Waals surface area contributed by atoms with Gasteiger partial charge < -0.3 is 9.84 Å². The topological polar surface area (TPSA) is 90.1 Å². The van der Waals surface area contributed by atoms with Crippen molar-refractivity contribution >= 4 is 5.97 Å². The van der Waals surface area contributed by atoms with Gasteiger partial charge in [-0.15, -0.1) is 10.2 Å². The van der Waals surface area contributed by atoms with E-state index in [-0.39, 0.29) is 6.54 Å². The average Bonchev–Trinajstić information content (AvgIpc) is 2.84. The third-order valence-electron chi connectivity index (χ3n) is 2.21. The Balaban J connectivity index is 2.11. The number of carboxylic acids is 1. The molecule has 0 aliphatic rings. The van der Waals surface area contributed by atoms with Crippen molar-refractivity contribution in [2.24, 2.45) is 0 Å². The molecule has 0 radical (unpaired) electrons. The van der Waals surface area contributed by atoms with Crippen molar-refractivity contribution in [3.05, 3.63) is 36.9 Å². The van der Waals surface area contributed by atoms with Gasteiger partial charge in [-0.25, -0.2) is 0 Å². The first-order chi connectivity index (χ1) is 9.19. The summed E-state index contributed by atoms with van der Waals surface area (Å²) in [7, 11) is 0. The molecule has 0 aliphatic carbocycles. The van der Waals surface area contributed by atoms with Gasteiger partial charge in [-0.3, -0.25) is 4.79 Å². The fourth-order valence-corrected chi connectivity index (χ4v) is 1.40. The molecule has 0 bridgehead atoms. The van der Waals surface area contributed by atoms with Crippen LogP contribution < -0.4 is 4.74 Å². The van der Waals surface area contributed by atoms with Gasteiger partial charge in [0, 0.05) is 5.56 Å². The van der Waals surface area contributed by atoms with Crippen LogP contribution in [0.5, 0.6) is 5.75 Å². The Hall–Kier alpha value is -2.70. The Kier molecular flexibility index (Phi) is 3.87. The second kappa shape index (κ2) is 5.76. The van der Waals surface area contributed by atoms with Crippen molar-refractivity contribution in [3.8, 4) is 17.1 Å². The van der Waals surface area contributed by atoms with Crippen LogP contribution in [0.25, 0.3) is 11.4 Å². The third-order valence-corrected chi connectivity index (χ3v) is 2.21. The molecule has 0 atom stereocenters. The molecule has 19 heavy (non-hydrogen) atoms. The molecule has 0 saturated carbocycles. The van der Waals surface area contributed by atoms with E-state index in [0.29, 0.717) is 18.2 Å². The molecule has 1 heterocycles. The fraction of sp³-hybridized carbons (Fsp3) is 0.167. The number of aromatic nitrogens is 4. The largest absolute Gasteiger partial charge is 0.490 e. The van der Waals surface area contributed by atoms with E-state index in [0.717, 1.165) is 10.4 Å². The van der Waals surface area contributed by atoms with Crippen LogP contribution >= 0.6 is 0 Å². The second-order valence-corrected chi connectivity index (χ2v) is 3.66. The van der Waals surface area contributed by atoms with Gasteiger partial charge in [0.15, 0.2) is 6.54 Å². The molecule has 1 N–H and O–H groups in total. The molecular weight excluding hydrogens is 248 g/mol. The Morgan fingerprint density at radius 3 is 2.79 bits per heavy atom. The molecule has 2 rings (SSSR count). The van der Waals surface area contributed by atoms with Crippen molar-refractivity contribution in [2.75, 3.05) is 6.61 Å². The van der Waals surface area contributed by atoms with E-state index in [1.54, 1.807) is 30.3 Å². The van der Waals surface area contributed by atoms with Crippen LogP contribution in [0.4, 0.5) is 0 Å². The highest BCUT2D eigenvalue weighted by atomic mass is 16.5. The first-order valence-electron chi connectivity index (χ1n) is 5.53. The van der Waals surface area contributed by atoms with Crippen molar-refractivity contribution in [1.29, 1.82) is 0 Å². The highest BCUT2D eigenvalue weighted by Gasteiger charge is 2.08. The molecular formula is C12H12N4O3. The van der Waals surface area contributed by atoms with E-state index < -0.39 is 5.97 Å². The lowest BCUT2D eigenvalue weighted by molar-refractivity contribution is -0.138. The number of rotatable bonds is 6. The van der Waals surface area contributed by atoms with Crippen LogP contribution in [-0.4, -0.2) is 37.9 Å². The predicted molar refractivity (Wildman–Crippen MR) is 66.6 cm³/mol. The number of carboxylic acid groups (broad SMARTS) is 1. The minimum absolute atomic E-state index is 0.312. The van der Waals surface area contributed by atoms with Crippen LogP contribution in [0.15, 0.2) is 36.9 Å². The zero-order valence-corrected chi connectivity index (χ0v) is 10.1. The van der Waals surface area contributed by atoms with Gasteiger partial charge in [0.1, 0.15) is 12.4 Å². The Labute approximate surface area is 109 Å². The molecule has 0 unspecified atom stereocenters. The van der Waals surface area contributed by atoms with Gasteiger partial charge in [-0.1, -0.05) is 12.7 Å². The van der Waals surface area contributed by atoms with Gasteiger partial charge in [0.2, 0.25) is 5.82 Å². The molecule has 2 aromatic rings. The maximum absolute atomic E-state index is 10.5. The predicted octanol–water partition coefficient (Wildman–Crippen LogP) is 0.990. The van der Waals surface area contributed by atoms with Crippen molar-refractivity contribution in [3.63, 3.8) is 0 Å². The standard InChI is InChI=1S/C12H12N4O3/c1-2-7-19-10-5-3-9(4-6-10)12-13-15-16(14-12)8-11(17)18/h2-6H,1,7-8H2,(H,17,18). The maximum Gasteiger partial charge on any atom is 0.327 e. The Bertz CT molecular complexity index is 577. The van der Waals surface area contributed by atoms with E-state index in [1.807, 2.05) is 0 Å². The summed E-state index contributed by atoms with van der Waals surface area (Å²) in [6.45, 7) is 3.69. The first-order valence-corrected chi connectivity index (χ1v) is 5.53. The normalized spacial score (nSPS) is 10.1. The molecule has 1 aromatic carbocycles. The van der Waals surface area contributed by atoms with Crippen molar-refractivity contribution in [1.82, 2.24) is 20.2 Å². The lowest BCUT2D eigenvalue weighted by atomic mass is 10.2. The van der Waals surface area contributed by atoms with E-state index >= 15 is 0 Å². The number of ether oxygens (including phenoxy) is 1. The van der Waals surface area contributed by atoms with Crippen LogP contribution in [0, 0.1) is 0 Å².